The summed E-state index contributed by atoms with van der Waals surface area (Å²) in [5.74, 6) is -2.36. The fourth-order valence-corrected chi connectivity index (χ4v) is 2.23. The van der Waals surface area contributed by atoms with Gasteiger partial charge in [-0.25, -0.2) is 0 Å². The van der Waals surface area contributed by atoms with Crippen LogP contribution in [0, 0.1) is 5.41 Å². The summed E-state index contributed by atoms with van der Waals surface area (Å²) in [6.07, 6.45) is 1.15. The normalized spacial score (nSPS) is 35.8. The van der Waals surface area contributed by atoms with E-state index in [-0.39, 0.29) is 17.9 Å². The number of hydrogen-bond acceptors (Lipinski definition) is 3. The standard InChI is InChI=1S/C9H12ClNO4/c1-8(6(12)13)2-5(10)3-9(11,4-8)7(14)15/h2H,3-4,11H2,1H3,(H,12,13)(H,14,15). The minimum Gasteiger partial charge on any atom is -0.481 e. The number of carboxylic acid groups (broad SMARTS) is 2. The molecule has 0 fully saturated rings. The van der Waals surface area contributed by atoms with Crippen LogP contribution in [0.3, 0.4) is 0 Å². The smallest absolute Gasteiger partial charge is 0.324 e. The third-order valence-corrected chi connectivity index (χ3v) is 2.80. The van der Waals surface area contributed by atoms with E-state index in [4.69, 9.17) is 27.5 Å². The lowest BCUT2D eigenvalue weighted by Gasteiger charge is -2.36. The van der Waals surface area contributed by atoms with E-state index in [9.17, 15) is 9.59 Å². The quantitative estimate of drug-likeness (QED) is 0.654. The highest BCUT2D eigenvalue weighted by atomic mass is 35.5. The Morgan fingerprint density at radius 1 is 1.47 bits per heavy atom. The highest BCUT2D eigenvalue weighted by Gasteiger charge is 2.48. The lowest BCUT2D eigenvalue weighted by molar-refractivity contribution is -0.150. The van der Waals surface area contributed by atoms with Gasteiger partial charge in [0.15, 0.2) is 0 Å². The van der Waals surface area contributed by atoms with Crippen LogP contribution in [0.4, 0.5) is 0 Å². The van der Waals surface area contributed by atoms with Gasteiger partial charge in [0.2, 0.25) is 0 Å². The van der Waals surface area contributed by atoms with Gasteiger partial charge in [-0.1, -0.05) is 17.7 Å². The van der Waals surface area contributed by atoms with Gasteiger partial charge in [0.25, 0.3) is 0 Å². The molecule has 4 N–H and O–H groups in total. The second-order valence-electron chi connectivity index (χ2n) is 4.13. The third kappa shape index (κ3) is 2.13. The van der Waals surface area contributed by atoms with Crippen molar-refractivity contribution in [3.63, 3.8) is 0 Å². The Morgan fingerprint density at radius 3 is 2.40 bits per heavy atom. The average molecular weight is 234 g/mol. The number of carboxylic acids is 2. The van der Waals surface area contributed by atoms with Crippen LogP contribution in [0.1, 0.15) is 19.8 Å². The SMILES string of the molecule is CC1(C(=O)O)C=C(Cl)CC(N)(C(=O)O)C1. The minimum atomic E-state index is -1.60. The van der Waals surface area contributed by atoms with E-state index in [1.807, 2.05) is 0 Å². The van der Waals surface area contributed by atoms with E-state index in [1.165, 1.54) is 13.0 Å². The average Bonchev–Trinajstić information content (AvgIpc) is 2.00. The number of rotatable bonds is 2. The molecule has 1 aliphatic carbocycles. The summed E-state index contributed by atoms with van der Waals surface area (Å²) < 4.78 is 0. The summed E-state index contributed by atoms with van der Waals surface area (Å²) in [6.45, 7) is 1.40. The zero-order valence-corrected chi connectivity index (χ0v) is 8.91. The number of hydrogen-bond donors (Lipinski definition) is 3. The molecule has 0 saturated heterocycles. The van der Waals surface area contributed by atoms with Crippen molar-refractivity contribution >= 4 is 23.5 Å². The number of carbonyl (C=O) groups is 2. The van der Waals surface area contributed by atoms with Crippen LogP contribution in [0.2, 0.25) is 0 Å². The van der Waals surface area contributed by atoms with Crippen molar-refractivity contribution in [2.75, 3.05) is 0 Å². The van der Waals surface area contributed by atoms with E-state index in [0.29, 0.717) is 0 Å². The number of nitrogens with two attached hydrogens (primary N) is 1. The first-order chi connectivity index (χ1) is 6.69. The van der Waals surface area contributed by atoms with E-state index in [0.717, 1.165) is 0 Å². The second kappa shape index (κ2) is 3.50. The molecule has 15 heavy (non-hydrogen) atoms. The molecule has 84 valence electrons. The molecule has 0 amide bonds. The van der Waals surface area contributed by atoms with Gasteiger partial charge in [-0.2, -0.15) is 0 Å². The maximum Gasteiger partial charge on any atom is 0.324 e. The zero-order chi connectivity index (χ0) is 11.9. The van der Waals surface area contributed by atoms with Crippen molar-refractivity contribution in [1.82, 2.24) is 0 Å². The maximum absolute atomic E-state index is 11.0. The van der Waals surface area contributed by atoms with Crippen molar-refractivity contribution in [2.45, 2.75) is 25.3 Å². The topological polar surface area (TPSA) is 101 Å². The summed E-state index contributed by atoms with van der Waals surface area (Å²) >= 11 is 5.73. The van der Waals surface area contributed by atoms with Gasteiger partial charge >= 0.3 is 11.9 Å². The highest BCUT2D eigenvalue weighted by Crippen LogP contribution is 2.40. The molecule has 0 heterocycles. The molecule has 0 aromatic rings. The van der Waals surface area contributed by atoms with E-state index >= 15 is 0 Å². The van der Waals surface area contributed by atoms with Crippen LogP contribution in [0.25, 0.3) is 0 Å². The van der Waals surface area contributed by atoms with Gasteiger partial charge < -0.3 is 15.9 Å². The molecule has 2 unspecified atom stereocenters. The molecule has 5 nitrogen and oxygen atoms in total. The highest BCUT2D eigenvalue weighted by molar-refractivity contribution is 6.30. The third-order valence-electron chi connectivity index (χ3n) is 2.56. The predicted molar refractivity (Wildman–Crippen MR) is 53.5 cm³/mol. The predicted octanol–water partition coefficient (Wildman–Crippen LogP) is 0.776. The summed E-state index contributed by atoms with van der Waals surface area (Å²) in [5.41, 5.74) is 2.70. The van der Waals surface area contributed by atoms with Crippen LogP contribution in [0.15, 0.2) is 11.1 Å². The van der Waals surface area contributed by atoms with E-state index in [2.05, 4.69) is 0 Å². The molecule has 0 bridgehead atoms. The van der Waals surface area contributed by atoms with Crippen molar-refractivity contribution < 1.29 is 19.8 Å². The van der Waals surface area contributed by atoms with Crippen LogP contribution in [0.5, 0.6) is 0 Å². The fraction of sp³-hybridized carbons (Fsp3) is 0.556. The lowest BCUT2D eigenvalue weighted by Crippen LogP contribution is -2.54. The molecule has 1 rings (SSSR count). The Kier molecular flexibility index (Phi) is 2.80. The number of aliphatic carboxylic acids is 2. The Hall–Kier alpha value is -1.07. The second-order valence-corrected chi connectivity index (χ2v) is 4.61. The largest absolute Gasteiger partial charge is 0.481 e. The summed E-state index contributed by atoms with van der Waals surface area (Å²) in [6, 6.07) is 0. The Morgan fingerprint density at radius 2 is 2.00 bits per heavy atom. The summed E-state index contributed by atoms with van der Waals surface area (Å²) in [7, 11) is 0. The molecular formula is C9H12ClNO4. The van der Waals surface area contributed by atoms with Gasteiger partial charge in [-0.3, -0.25) is 9.59 Å². The molecular weight excluding hydrogens is 222 g/mol. The molecule has 0 aromatic heterocycles. The Bertz CT molecular complexity index is 354. The lowest BCUT2D eigenvalue weighted by atomic mass is 9.71. The van der Waals surface area contributed by atoms with Crippen LogP contribution >= 0.6 is 11.6 Å². The first kappa shape index (κ1) is 12.0. The fourth-order valence-electron chi connectivity index (χ4n) is 1.76. The molecule has 0 aromatic carbocycles. The molecule has 0 radical (unpaired) electrons. The van der Waals surface area contributed by atoms with Crippen molar-refractivity contribution in [3.8, 4) is 0 Å². The van der Waals surface area contributed by atoms with Crippen LogP contribution < -0.4 is 5.73 Å². The zero-order valence-electron chi connectivity index (χ0n) is 8.16. The van der Waals surface area contributed by atoms with Gasteiger partial charge in [0.05, 0.1) is 5.41 Å². The van der Waals surface area contributed by atoms with Crippen LogP contribution in [-0.4, -0.2) is 27.7 Å². The number of halogens is 1. The molecule has 0 saturated carbocycles. The van der Waals surface area contributed by atoms with Crippen LogP contribution in [-0.2, 0) is 9.59 Å². The molecule has 2 atom stereocenters. The first-order valence-corrected chi connectivity index (χ1v) is 4.70. The van der Waals surface area contributed by atoms with Gasteiger partial charge in [-0.05, 0) is 13.3 Å². The van der Waals surface area contributed by atoms with Crippen molar-refractivity contribution in [3.05, 3.63) is 11.1 Å². The van der Waals surface area contributed by atoms with E-state index in [1.54, 1.807) is 0 Å². The molecule has 1 aliphatic rings. The van der Waals surface area contributed by atoms with Gasteiger partial charge in [0.1, 0.15) is 5.54 Å². The maximum atomic E-state index is 11.0. The van der Waals surface area contributed by atoms with Crippen molar-refractivity contribution in [2.24, 2.45) is 11.1 Å². The minimum absolute atomic E-state index is 0.0350. The van der Waals surface area contributed by atoms with Gasteiger partial charge in [0, 0.05) is 11.5 Å². The Balaban J connectivity index is 3.14. The first-order valence-electron chi connectivity index (χ1n) is 4.32. The molecule has 0 aliphatic heterocycles. The van der Waals surface area contributed by atoms with Crippen molar-refractivity contribution in [1.29, 1.82) is 0 Å². The molecule has 6 heteroatoms. The molecule has 0 spiro atoms. The summed E-state index contributed by atoms with van der Waals surface area (Å²) in [5, 5.41) is 18.1. The monoisotopic (exact) mass is 233 g/mol. The Labute approximate surface area is 91.5 Å². The van der Waals surface area contributed by atoms with E-state index < -0.39 is 22.9 Å². The van der Waals surface area contributed by atoms with Gasteiger partial charge in [-0.15, -0.1) is 0 Å². The summed E-state index contributed by atoms with van der Waals surface area (Å²) in [4.78, 5) is 21.9.